The van der Waals surface area contributed by atoms with Crippen LogP contribution in [0.5, 0.6) is 0 Å². The monoisotopic (exact) mass is 496 g/mol. The van der Waals surface area contributed by atoms with Crippen molar-refractivity contribution in [2.45, 2.75) is 20.0 Å². The van der Waals surface area contributed by atoms with E-state index in [-0.39, 0.29) is 29.4 Å². The number of amides is 2. The highest BCUT2D eigenvalue weighted by Gasteiger charge is 2.20. The Labute approximate surface area is 208 Å². The van der Waals surface area contributed by atoms with Crippen LogP contribution < -0.4 is 16.1 Å². The Balaban J connectivity index is 1.91. The first-order valence-corrected chi connectivity index (χ1v) is 10.9. The van der Waals surface area contributed by atoms with Crippen LogP contribution in [-0.4, -0.2) is 41.9 Å². The highest BCUT2D eigenvalue weighted by atomic mass is 16.6. The molecule has 0 saturated carbocycles. The van der Waals surface area contributed by atoms with Gasteiger partial charge in [0.2, 0.25) is 0 Å². The number of carbonyl (C=O) groups is 1. The van der Waals surface area contributed by atoms with Crippen molar-refractivity contribution in [3.63, 3.8) is 0 Å². The number of rotatable bonds is 12. The third-order valence-corrected chi connectivity index (χ3v) is 4.97. The third kappa shape index (κ3) is 8.65. The Morgan fingerprint density at radius 1 is 1.14 bits per heavy atom. The van der Waals surface area contributed by atoms with E-state index in [2.05, 4.69) is 21.2 Å². The fourth-order valence-corrected chi connectivity index (χ4v) is 3.23. The van der Waals surface area contributed by atoms with Gasteiger partial charge in [0.05, 0.1) is 22.0 Å². The predicted molar refractivity (Wildman–Crippen MR) is 138 cm³/mol. The zero-order valence-corrected chi connectivity index (χ0v) is 20.1. The van der Waals surface area contributed by atoms with Crippen LogP contribution in [0, 0.1) is 26.1 Å². The summed E-state index contributed by atoms with van der Waals surface area (Å²) in [6, 6.07) is 12.1. The number of nitro groups is 2. The van der Waals surface area contributed by atoms with E-state index in [1.165, 1.54) is 12.3 Å². The molecule has 0 spiro atoms. The number of allylic oxidation sites excluding steroid dienone is 2. The molecule has 0 unspecified atom stereocenters. The Hall–Kier alpha value is -4.58. The molecule has 0 aliphatic carbocycles. The number of nitro benzene ring substituents is 2. The molecule has 36 heavy (non-hydrogen) atoms. The number of carbonyl (C=O) groups excluding carboxylic acids is 1. The lowest BCUT2D eigenvalue weighted by Crippen LogP contribution is -2.28. The van der Waals surface area contributed by atoms with Crippen LogP contribution in [0.25, 0.3) is 0 Å². The van der Waals surface area contributed by atoms with Crippen LogP contribution in [0.3, 0.4) is 0 Å². The van der Waals surface area contributed by atoms with Crippen LogP contribution in [0.2, 0.25) is 0 Å². The number of urea groups is 1. The average Bonchev–Trinajstić information content (AvgIpc) is 2.84. The summed E-state index contributed by atoms with van der Waals surface area (Å²) in [4.78, 5) is 32.6. The number of hydrogen-bond acceptors (Lipinski definition) is 8. The van der Waals surface area contributed by atoms with Gasteiger partial charge in [-0.2, -0.15) is 5.10 Å². The molecule has 0 bridgehead atoms. The molecule has 12 heteroatoms. The molecule has 0 aliphatic heterocycles. The molecule has 0 aliphatic rings. The van der Waals surface area contributed by atoms with E-state index in [1.54, 1.807) is 31.4 Å². The van der Waals surface area contributed by atoms with Crippen molar-refractivity contribution in [3.8, 4) is 0 Å². The van der Waals surface area contributed by atoms with Crippen LogP contribution in [-0.2, 0) is 4.74 Å². The maximum absolute atomic E-state index is 11.9. The summed E-state index contributed by atoms with van der Waals surface area (Å²) >= 11 is 0. The first-order chi connectivity index (χ1) is 17.2. The summed E-state index contributed by atoms with van der Waals surface area (Å²) in [5.41, 5.74) is 3.35. The van der Waals surface area contributed by atoms with Crippen molar-refractivity contribution < 1.29 is 19.4 Å². The van der Waals surface area contributed by atoms with Gasteiger partial charge in [-0.3, -0.25) is 25.7 Å². The number of anilines is 2. The Morgan fingerprint density at radius 3 is 2.50 bits per heavy atom. The number of methoxy groups -OCH3 is 1. The van der Waals surface area contributed by atoms with Crippen LogP contribution in [0.1, 0.15) is 13.8 Å². The minimum Gasteiger partial charge on any atom is -0.376 e. The van der Waals surface area contributed by atoms with Gasteiger partial charge in [0, 0.05) is 37.5 Å². The maximum atomic E-state index is 11.9. The average molecular weight is 497 g/mol. The van der Waals surface area contributed by atoms with Gasteiger partial charge in [0.15, 0.2) is 0 Å². The minimum absolute atomic E-state index is 0.0296. The molecule has 3 N–H and O–H groups in total. The zero-order chi connectivity index (χ0) is 26.5. The topological polar surface area (TPSA) is 161 Å². The number of hydrogen-bond donors (Lipinski definition) is 3. The van der Waals surface area contributed by atoms with E-state index in [1.807, 2.05) is 38.1 Å². The van der Waals surface area contributed by atoms with Crippen LogP contribution >= 0.6 is 0 Å². The molecular weight excluding hydrogens is 468 g/mol. The predicted octanol–water partition coefficient (Wildman–Crippen LogP) is 4.88. The summed E-state index contributed by atoms with van der Waals surface area (Å²) in [6.45, 7) is 4.07. The Bertz CT molecular complexity index is 1150. The number of nitrogens with one attached hydrogen (secondary N) is 3. The molecule has 2 amide bonds. The molecule has 0 radical (unpaired) electrons. The zero-order valence-electron chi connectivity index (χ0n) is 20.1. The van der Waals surface area contributed by atoms with Gasteiger partial charge < -0.3 is 15.4 Å². The highest BCUT2D eigenvalue weighted by Crippen LogP contribution is 2.29. The number of hydrazone groups is 1. The van der Waals surface area contributed by atoms with Gasteiger partial charge in [0.1, 0.15) is 5.69 Å². The summed E-state index contributed by atoms with van der Waals surface area (Å²) in [7, 11) is 1.56. The molecule has 190 valence electrons. The van der Waals surface area contributed by atoms with Gasteiger partial charge >= 0.3 is 11.7 Å². The first-order valence-electron chi connectivity index (χ1n) is 10.9. The number of non-ortho nitro benzene ring substituents is 1. The summed E-state index contributed by atoms with van der Waals surface area (Å²) < 4.78 is 5.56. The van der Waals surface area contributed by atoms with Gasteiger partial charge in [-0.05, 0) is 30.7 Å². The summed E-state index contributed by atoms with van der Waals surface area (Å²) in [6.07, 6.45) is 6.64. The van der Waals surface area contributed by atoms with E-state index in [9.17, 15) is 25.0 Å². The van der Waals surface area contributed by atoms with E-state index >= 15 is 0 Å². The highest BCUT2D eigenvalue weighted by molar-refractivity contribution is 5.89. The molecular formula is C24H28N6O6. The number of benzene rings is 2. The van der Waals surface area contributed by atoms with Crippen molar-refractivity contribution in [3.05, 3.63) is 92.6 Å². The number of ether oxygens (including phenoxy) is 1. The fraction of sp³-hybridized carbons (Fsp3) is 0.250. The molecule has 0 saturated heterocycles. The quantitative estimate of drug-likeness (QED) is 0.163. The van der Waals surface area contributed by atoms with E-state index < -0.39 is 15.5 Å². The van der Waals surface area contributed by atoms with Crippen molar-refractivity contribution in [2.24, 2.45) is 11.0 Å². The normalized spacial score (nSPS) is 13.4. The fourth-order valence-electron chi connectivity index (χ4n) is 3.23. The van der Waals surface area contributed by atoms with Crippen LogP contribution in [0.15, 0.2) is 77.4 Å². The SMILES string of the molecule is CO[C@H](/C(C)=C/C=C/CNC(=O)Nc1ccccc1)[C@@H](C)/C=N/Nc1ccc([N+](=O)[O-])cc1[N+](=O)[O-]. The Kier molecular flexibility index (Phi) is 10.7. The lowest BCUT2D eigenvalue weighted by molar-refractivity contribution is -0.393. The van der Waals surface area contributed by atoms with E-state index in [0.29, 0.717) is 12.2 Å². The van der Waals surface area contributed by atoms with Crippen molar-refractivity contribution in [1.82, 2.24) is 5.32 Å². The molecule has 0 heterocycles. The molecule has 0 aromatic heterocycles. The standard InChI is InChI=1S/C24H28N6O6/c1-17(9-7-8-14-25-24(31)27-19-10-5-4-6-11-19)23(36-3)18(2)16-26-28-21-13-12-20(29(32)33)15-22(21)30(34)35/h4-13,15-16,18,23,28H,14H2,1-3H3,(H2,25,27,31)/b8-7+,17-9+,26-16+/t18-,23+/m0/s1. The number of nitrogens with zero attached hydrogens (tertiary/aromatic N) is 3. The lowest BCUT2D eigenvalue weighted by Gasteiger charge is -2.20. The molecule has 2 aromatic rings. The second-order valence-corrected chi connectivity index (χ2v) is 7.66. The van der Waals surface area contributed by atoms with Gasteiger partial charge in [-0.1, -0.05) is 43.4 Å². The second-order valence-electron chi connectivity index (χ2n) is 7.66. The van der Waals surface area contributed by atoms with Gasteiger partial charge in [-0.15, -0.1) is 0 Å². The van der Waals surface area contributed by atoms with E-state index in [0.717, 1.165) is 17.7 Å². The van der Waals surface area contributed by atoms with E-state index in [4.69, 9.17) is 4.74 Å². The lowest BCUT2D eigenvalue weighted by atomic mass is 9.99. The molecule has 2 aromatic carbocycles. The minimum atomic E-state index is -0.717. The molecule has 2 rings (SSSR count). The molecule has 2 atom stereocenters. The summed E-state index contributed by atoms with van der Waals surface area (Å²) in [5.74, 6) is -0.209. The largest absolute Gasteiger partial charge is 0.376 e. The second kappa shape index (κ2) is 14.0. The van der Waals surface area contributed by atoms with Crippen LogP contribution in [0.4, 0.5) is 27.5 Å². The first kappa shape index (κ1) is 27.7. The van der Waals surface area contributed by atoms with Crippen molar-refractivity contribution in [2.75, 3.05) is 24.4 Å². The number of para-hydroxylation sites is 1. The smallest absolute Gasteiger partial charge is 0.319 e. The Morgan fingerprint density at radius 2 is 1.86 bits per heavy atom. The van der Waals surface area contributed by atoms with Crippen molar-refractivity contribution >= 4 is 35.0 Å². The maximum Gasteiger partial charge on any atom is 0.319 e. The molecule has 12 nitrogen and oxygen atoms in total. The van der Waals surface area contributed by atoms with Gasteiger partial charge in [0.25, 0.3) is 5.69 Å². The third-order valence-electron chi connectivity index (χ3n) is 4.97. The van der Waals surface area contributed by atoms with Crippen molar-refractivity contribution in [1.29, 1.82) is 0 Å². The summed E-state index contributed by atoms with van der Waals surface area (Å²) in [5, 5.41) is 31.6. The molecule has 0 fully saturated rings. The van der Waals surface area contributed by atoms with Gasteiger partial charge in [-0.25, -0.2) is 4.79 Å².